The lowest BCUT2D eigenvalue weighted by atomic mass is 9.85. The van der Waals surface area contributed by atoms with E-state index in [1.165, 1.54) is 15.3 Å². The van der Waals surface area contributed by atoms with Crippen molar-refractivity contribution in [3.63, 3.8) is 0 Å². The first kappa shape index (κ1) is 55.0. The van der Waals surface area contributed by atoms with Crippen molar-refractivity contribution in [2.75, 3.05) is 44.9 Å². The molecule has 16 nitrogen and oxygen atoms in total. The molecule has 19 heteroatoms. The van der Waals surface area contributed by atoms with Crippen molar-refractivity contribution in [2.24, 2.45) is 10.4 Å². The number of aliphatic imine (C=N–C) groups is 1. The molecule has 0 radical (unpaired) electrons. The van der Waals surface area contributed by atoms with E-state index in [2.05, 4.69) is 58.4 Å². The Morgan fingerprint density at radius 2 is 1.61 bits per heavy atom. The van der Waals surface area contributed by atoms with E-state index in [-0.39, 0.29) is 57.1 Å². The summed E-state index contributed by atoms with van der Waals surface area (Å²) in [6.07, 6.45) is -0.270. The number of β-amino-alcohol motifs (C(OH)–C–C–N with tert-alkyl or cyclic N) is 1. The van der Waals surface area contributed by atoms with Gasteiger partial charge in [0.05, 0.1) is 30.9 Å². The van der Waals surface area contributed by atoms with E-state index in [1.54, 1.807) is 46.9 Å². The smallest absolute Gasteiger partial charge is 0.246 e. The number of aliphatic hydroxyl groups is 1. The fraction of sp³-hybridized carbons (Fsp3) is 0.411. The number of aliphatic hydroxyl groups excluding tert-OH is 1. The highest BCUT2D eigenvalue weighted by molar-refractivity contribution is 7.15. The molecule has 0 aliphatic carbocycles. The number of anilines is 1. The fourth-order valence-corrected chi connectivity index (χ4v) is 11.5. The molecule has 3 aromatic carbocycles. The third-order valence-corrected chi connectivity index (χ3v) is 15.8. The number of hydrogen-bond donors (Lipinski definition) is 4. The molecule has 75 heavy (non-hydrogen) atoms. The van der Waals surface area contributed by atoms with Crippen molar-refractivity contribution in [1.82, 2.24) is 30.3 Å². The number of hydrogen-bond acceptors (Lipinski definition) is 13. The molecular formula is C56H65ClN8O8S2. The maximum absolute atomic E-state index is 14.1. The number of halogens is 1. The van der Waals surface area contributed by atoms with Crippen LogP contribution in [0.5, 0.6) is 5.75 Å². The number of ether oxygens (including phenoxy) is 3. The van der Waals surface area contributed by atoms with Crippen molar-refractivity contribution in [3.8, 4) is 21.2 Å². The van der Waals surface area contributed by atoms with Crippen LogP contribution in [0.25, 0.3) is 15.4 Å². The fourth-order valence-electron chi connectivity index (χ4n) is 9.24. The summed E-state index contributed by atoms with van der Waals surface area (Å²) < 4.78 is 19.4. The first-order valence-corrected chi connectivity index (χ1v) is 27.2. The molecular weight excluding hydrogens is 1010 g/mol. The number of aromatic nitrogens is 3. The number of amides is 4. The zero-order valence-corrected chi connectivity index (χ0v) is 46.0. The Labute approximate surface area is 450 Å². The van der Waals surface area contributed by atoms with Crippen LogP contribution in [0, 0.1) is 33.1 Å². The number of aryl methyl sites for hydroxylation is 3. The summed E-state index contributed by atoms with van der Waals surface area (Å²) in [6, 6.07) is 22.0. The second-order valence-corrected chi connectivity index (χ2v) is 22.7. The molecule has 2 aliphatic heterocycles. The number of carbonyl (C=O) groups is 4. The average Bonchev–Trinajstić information content (AvgIpc) is 4.16. The number of nitrogens with zero attached hydrogens (tertiary/aromatic N) is 5. The largest absolute Gasteiger partial charge is 0.491 e. The van der Waals surface area contributed by atoms with Gasteiger partial charge in [0.15, 0.2) is 5.82 Å². The van der Waals surface area contributed by atoms with Gasteiger partial charge in [0.25, 0.3) is 0 Å². The highest BCUT2D eigenvalue weighted by Gasteiger charge is 2.45. The zero-order valence-electron chi connectivity index (χ0n) is 43.6. The minimum absolute atomic E-state index is 0.0204. The summed E-state index contributed by atoms with van der Waals surface area (Å²) in [5, 5.41) is 32.1. The van der Waals surface area contributed by atoms with Crippen LogP contribution in [0.1, 0.15) is 103 Å². The van der Waals surface area contributed by atoms with Crippen LogP contribution < -0.4 is 20.7 Å². The van der Waals surface area contributed by atoms with Crippen molar-refractivity contribution < 1.29 is 38.5 Å². The van der Waals surface area contributed by atoms with Gasteiger partial charge in [-0.25, -0.2) is 0 Å². The van der Waals surface area contributed by atoms with Gasteiger partial charge in [-0.05, 0) is 104 Å². The molecule has 3 aromatic heterocycles. The SMILES string of the molecule is Cc1ccsc1-c1ccc([C@H](C)NC(=O)[C@@H]2C[C@@H](O)CN2C(=O)[C@@H](NC(=O)COCCCOCCOc2cccc(NC(=O)C[C@@H]3N=C(c4ccc(Cl)cc4)c4c(sc(C)c4C)-n4c(C)nnc43)c2)C(C)(C)C)cc1. The third-order valence-electron chi connectivity index (χ3n) is 13.3. The number of carbonyl (C=O) groups excluding carboxylic acids is 4. The van der Waals surface area contributed by atoms with Crippen LogP contribution in [-0.2, 0) is 28.7 Å². The number of rotatable bonds is 20. The molecule has 1 fully saturated rings. The highest BCUT2D eigenvalue weighted by atomic mass is 35.5. The Balaban J connectivity index is 0.758. The molecule has 396 valence electrons. The van der Waals surface area contributed by atoms with E-state index in [0.29, 0.717) is 47.7 Å². The quantitative estimate of drug-likeness (QED) is 0.0535. The Morgan fingerprint density at radius 1 is 0.880 bits per heavy atom. The summed E-state index contributed by atoms with van der Waals surface area (Å²) >= 11 is 9.60. The minimum atomic E-state index is -0.978. The van der Waals surface area contributed by atoms with Crippen LogP contribution in [-0.4, -0.2) is 112 Å². The predicted octanol–water partition coefficient (Wildman–Crippen LogP) is 9.04. The van der Waals surface area contributed by atoms with E-state index in [9.17, 15) is 24.3 Å². The summed E-state index contributed by atoms with van der Waals surface area (Å²) in [6.45, 7) is 16.4. The van der Waals surface area contributed by atoms with E-state index in [4.69, 9.17) is 30.8 Å². The van der Waals surface area contributed by atoms with Gasteiger partial charge in [-0.3, -0.25) is 28.7 Å². The van der Waals surface area contributed by atoms with Gasteiger partial charge < -0.3 is 40.2 Å². The molecule has 0 spiro atoms. The maximum atomic E-state index is 14.1. The van der Waals surface area contributed by atoms with Gasteiger partial charge >= 0.3 is 0 Å². The van der Waals surface area contributed by atoms with Crippen molar-refractivity contribution >= 4 is 69.3 Å². The van der Waals surface area contributed by atoms with Gasteiger partial charge in [-0.1, -0.05) is 74.8 Å². The molecule has 0 unspecified atom stereocenters. The van der Waals surface area contributed by atoms with Crippen molar-refractivity contribution in [1.29, 1.82) is 0 Å². The number of nitrogens with one attached hydrogen (secondary N) is 3. The molecule has 1 saturated heterocycles. The van der Waals surface area contributed by atoms with Gasteiger partial charge in [0.2, 0.25) is 23.6 Å². The normalized spacial score (nSPS) is 17.1. The number of fused-ring (bicyclic) bond motifs is 3. The maximum Gasteiger partial charge on any atom is 0.246 e. The summed E-state index contributed by atoms with van der Waals surface area (Å²) in [5.74, 6) is 0.309. The molecule has 2 aliphatic rings. The Morgan fingerprint density at radius 3 is 2.33 bits per heavy atom. The molecule has 5 heterocycles. The molecule has 4 N–H and O–H groups in total. The molecule has 0 saturated carbocycles. The molecule has 0 bridgehead atoms. The van der Waals surface area contributed by atoms with Crippen LogP contribution in [0.15, 0.2) is 89.2 Å². The Kier molecular flexibility index (Phi) is 17.7. The lowest BCUT2D eigenvalue weighted by molar-refractivity contribution is -0.144. The second kappa shape index (κ2) is 24.2. The number of benzene rings is 3. The Hall–Kier alpha value is -6.28. The monoisotopic (exact) mass is 1080 g/mol. The lowest BCUT2D eigenvalue weighted by Crippen LogP contribution is -2.58. The predicted molar refractivity (Wildman–Crippen MR) is 293 cm³/mol. The molecule has 4 amide bonds. The van der Waals surface area contributed by atoms with Crippen LogP contribution in [0.2, 0.25) is 5.02 Å². The van der Waals surface area contributed by atoms with Crippen molar-refractivity contribution in [3.05, 3.63) is 134 Å². The van der Waals surface area contributed by atoms with Gasteiger partial charge in [-0.15, -0.1) is 32.9 Å². The topological polar surface area (TPSA) is 199 Å². The average molecular weight is 1080 g/mol. The molecule has 8 rings (SSSR count). The molecule has 5 atom stereocenters. The van der Waals surface area contributed by atoms with E-state index in [0.717, 1.165) is 43.4 Å². The van der Waals surface area contributed by atoms with Gasteiger partial charge in [0, 0.05) is 63.8 Å². The van der Waals surface area contributed by atoms with Gasteiger partial charge in [0.1, 0.15) is 47.9 Å². The summed E-state index contributed by atoms with van der Waals surface area (Å²) in [4.78, 5) is 63.6. The van der Waals surface area contributed by atoms with Crippen molar-refractivity contribution in [2.45, 2.75) is 105 Å². The number of likely N-dealkylation sites (tertiary alicyclic amines) is 1. The minimum Gasteiger partial charge on any atom is -0.491 e. The first-order chi connectivity index (χ1) is 35.9. The summed E-state index contributed by atoms with van der Waals surface area (Å²) in [5.41, 5.74) is 6.83. The molecule has 6 aromatic rings. The standard InChI is InChI=1S/C56H65ClN8O8S2/c1-32-21-26-74-50(32)39-15-13-37(14-16-39)34(3)58-53(69)45-28-42(66)30-64(45)54(70)51(56(6,7)8)61-47(68)31-72-23-10-22-71-24-25-73-43-12-9-11-41(27-43)59-46(67)29-44-52-63-62-36(5)65(52)55-48(33(2)35(4)75-55)49(60-44)38-17-19-40(57)20-18-38/h9,11-21,26-27,34,42,44-45,51,66H,10,22-25,28-31H2,1-8H3,(H,58,69)(H,59,67)(H,61,68)/t34-,42+,44-,45-,51+/m0/s1. The highest BCUT2D eigenvalue weighted by Crippen LogP contribution is 2.40. The van der Waals surface area contributed by atoms with E-state index < -0.39 is 41.5 Å². The van der Waals surface area contributed by atoms with Crippen LogP contribution in [0.3, 0.4) is 0 Å². The Bertz CT molecular complexity index is 3040. The zero-order chi connectivity index (χ0) is 53.6. The number of thiophene rings is 2. The lowest BCUT2D eigenvalue weighted by Gasteiger charge is -2.35. The van der Waals surface area contributed by atoms with Crippen LogP contribution in [0.4, 0.5) is 5.69 Å². The van der Waals surface area contributed by atoms with E-state index >= 15 is 0 Å². The van der Waals surface area contributed by atoms with Crippen LogP contribution >= 0.6 is 34.3 Å². The summed E-state index contributed by atoms with van der Waals surface area (Å²) in [7, 11) is 0. The third kappa shape index (κ3) is 13.2. The second-order valence-electron chi connectivity index (χ2n) is 20.1. The van der Waals surface area contributed by atoms with E-state index in [1.807, 2.05) is 87.7 Å². The first-order valence-electron chi connectivity index (χ1n) is 25.1. The van der Waals surface area contributed by atoms with Gasteiger partial charge in [-0.2, -0.15) is 0 Å².